The van der Waals surface area contributed by atoms with Gasteiger partial charge in [0.25, 0.3) is 5.91 Å². The number of halogens is 3. The summed E-state index contributed by atoms with van der Waals surface area (Å²) < 4.78 is 45.7. The Labute approximate surface area is 171 Å². The number of alkyl halides is 3. The topological polar surface area (TPSA) is 126 Å². The molecule has 9 nitrogen and oxygen atoms in total. The zero-order chi connectivity index (χ0) is 22.5. The van der Waals surface area contributed by atoms with Crippen molar-refractivity contribution in [2.24, 2.45) is 5.73 Å². The molecule has 12 heteroatoms. The molecular formula is C18H24F3N5O4. The molecule has 2 rings (SSSR count). The lowest BCUT2D eigenvalue weighted by molar-refractivity contribution is -0.137. The van der Waals surface area contributed by atoms with Gasteiger partial charge < -0.3 is 31.3 Å². The van der Waals surface area contributed by atoms with E-state index in [0.29, 0.717) is 0 Å². The summed E-state index contributed by atoms with van der Waals surface area (Å²) >= 11 is 0. The third-order valence-corrected chi connectivity index (χ3v) is 4.12. The number of nitrogens with two attached hydrogens (primary N) is 1. The average Bonchev–Trinajstić information content (AvgIpc) is 2.65. The van der Waals surface area contributed by atoms with Gasteiger partial charge in [0.2, 0.25) is 5.91 Å². The van der Waals surface area contributed by atoms with Crippen molar-refractivity contribution in [3.05, 3.63) is 23.8 Å². The highest BCUT2D eigenvalue weighted by molar-refractivity contribution is 5.99. The average molecular weight is 431 g/mol. The number of benzene rings is 1. The number of nitrogens with one attached hydrogen (secondary N) is 3. The van der Waals surface area contributed by atoms with E-state index in [9.17, 15) is 27.6 Å². The molecule has 0 aliphatic carbocycles. The van der Waals surface area contributed by atoms with Crippen molar-refractivity contribution in [1.82, 2.24) is 10.6 Å². The van der Waals surface area contributed by atoms with Crippen molar-refractivity contribution in [1.29, 1.82) is 0 Å². The molecule has 1 atom stereocenters. The van der Waals surface area contributed by atoms with Crippen molar-refractivity contribution < 1.29 is 32.3 Å². The third-order valence-electron chi connectivity index (χ3n) is 4.12. The normalized spacial score (nSPS) is 15.7. The Bertz CT molecular complexity index is 801. The fourth-order valence-electron chi connectivity index (χ4n) is 2.77. The number of hydrogen-bond acceptors (Lipinski definition) is 5. The van der Waals surface area contributed by atoms with E-state index in [0.717, 1.165) is 17.0 Å². The maximum atomic E-state index is 13.6. The van der Waals surface area contributed by atoms with Crippen LogP contribution in [0.25, 0.3) is 0 Å². The summed E-state index contributed by atoms with van der Waals surface area (Å²) in [7, 11) is 0. The first-order chi connectivity index (χ1) is 14.0. The van der Waals surface area contributed by atoms with Crippen LogP contribution in [0.5, 0.6) is 0 Å². The predicted molar refractivity (Wildman–Crippen MR) is 103 cm³/mol. The Morgan fingerprint density at radius 2 is 1.97 bits per heavy atom. The summed E-state index contributed by atoms with van der Waals surface area (Å²) in [4.78, 5) is 37.1. The fourth-order valence-corrected chi connectivity index (χ4v) is 2.77. The predicted octanol–water partition coefficient (Wildman–Crippen LogP) is 1.04. The molecule has 1 aromatic carbocycles. The van der Waals surface area contributed by atoms with Gasteiger partial charge in [-0.25, -0.2) is 4.79 Å². The second-order valence-corrected chi connectivity index (χ2v) is 6.88. The van der Waals surface area contributed by atoms with Crippen LogP contribution in [0, 0.1) is 0 Å². The van der Waals surface area contributed by atoms with Gasteiger partial charge in [-0.05, 0) is 32.0 Å². The van der Waals surface area contributed by atoms with E-state index >= 15 is 0 Å². The number of amides is 4. The molecule has 30 heavy (non-hydrogen) atoms. The Balaban J connectivity index is 2.22. The molecule has 4 amide bonds. The van der Waals surface area contributed by atoms with Gasteiger partial charge in [0.15, 0.2) is 0 Å². The summed E-state index contributed by atoms with van der Waals surface area (Å²) in [5.74, 6) is -1.37. The molecule has 166 valence electrons. The Morgan fingerprint density at radius 1 is 1.27 bits per heavy atom. The molecule has 0 radical (unpaired) electrons. The van der Waals surface area contributed by atoms with E-state index in [-0.39, 0.29) is 43.7 Å². The van der Waals surface area contributed by atoms with Crippen LogP contribution in [0.2, 0.25) is 0 Å². The molecule has 1 fully saturated rings. The molecule has 0 bridgehead atoms. The molecule has 1 heterocycles. The first-order valence-electron chi connectivity index (χ1n) is 9.20. The number of morpholine rings is 1. The number of carbonyl (C=O) groups is 3. The van der Waals surface area contributed by atoms with Crippen LogP contribution in [0.3, 0.4) is 0 Å². The highest BCUT2D eigenvalue weighted by atomic mass is 19.4. The van der Waals surface area contributed by atoms with E-state index in [1.54, 1.807) is 13.8 Å². The number of rotatable bonds is 6. The van der Waals surface area contributed by atoms with E-state index in [2.05, 4.69) is 16.0 Å². The van der Waals surface area contributed by atoms with Crippen LogP contribution in [0.4, 0.5) is 29.3 Å². The van der Waals surface area contributed by atoms with E-state index in [1.165, 1.54) is 6.07 Å². The second-order valence-electron chi connectivity index (χ2n) is 6.88. The smallest absolute Gasteiger partial charge is 0.370 e. The minimum atomic E-state index is -4.77. The number of urea groups is 1. The SMILES string of the molecule is CC(C)NC(=O)N[C@H](CN)C(=O)Nc1ccc(N2CCOCC2=O)c(C(F)(F)F)c1. The molecule has 0 saturated carbocycles. The van der Waals surface area contributed by atoms with Gasteiger partial charge in [-0.1, -0.05) is 0 Å². The van der Waals surface area contributed by atoms with Crippen molar-refractivity contribution in [3.8, 4) is 0 Å². The molecule has 0 unspecified atom stereocenters. The number of anilines is 2. The molecule has 5 N–H and O–H groups in total. The fraction of sp³-hybridized carbons (Fsp3) is 0.500. The summed E-state index contributed by atoms with van der Waals surface area (Å²) in [5.41, 5.74) is 3.95. The number of nitrogens with zero attached hydrogens (tertiary/aromatic N) is 1. The molecular weight excluding hydrogens is 407 g/mol. The Kier molecular flexibility index (Phi) is 7.62. The van der Waals surface area contributed by atoms with Crippen molar-refractivity contribution in [2.75, 3.05) is 36.5 Å². The molecule has 1 aliphatic heterocycles. The van der Waals surface area contributed by atoms with Gasteiger partial charge in [-0.2, -0.15) is 13.2 Å². The molecule has 1 aromatic rings. The van der Waals surface area contributed by atoms with Gasteiger partial charge >= 0.3 is 12.2 Å². The maximum Gasteiger partial charge on any atom is 0.418 e. The lowest BCUT2D eigenvalue weighted by atomic mass is 10.1. The summed E-state index contributed by atoms with van der Waals surface area (Å²) in [6, 6.07) is 1.12. The van der Waals surface area contributed by atoms with Gasteiger partial charge in [-0.15, -0.1) is 0 Å². The van der Waals surface area contributed by atoms with Gasteiger partial charge in [-0.3, -0.25) is 9.59 Å². The van der Waals surface area contributed by atoms with E-state index in [1.807, 2.05) is 0 Å². The van der Waals surface area contributed by atoms with Crippen molar-refractivity contribution in [3.63, 3.8) is 0 Å². The van der Waals surface area contributed by atoms with Crippen LogP contribution < -0.4 is 26.6 Å². The Hall–Kier alpha value is -2.86. The first kappa shape index (κ1) is 23.4. The zero-order valence-corrected chi connectivity index (χ0v) is 16.5. The number of ether oxygens (including phenoxy) is 1. The number of carbonyl (C=O) groups excluding carboxylic acids is 3. The van der Waals surface area contributed by atoms with Crippen LogP contribution in [-0.4, -0.2) is 56.2 Å². The largest absolute Gasteiger partial charge is 0.418 e. The molecule has 0 spiro atoms. The van der Waals surface area contributed by atoms with Crippen LogP contribution >= 0.6 is 0 Å². The standard InChI is InChI=1S/C18H24F3N5O4/c1-10(2)23-17(29)25-13(8-22)16(28)24-11-3-4-14(12(7-11)18(19,20)21)26-5-6-30-9-15(26)27/h3-4,7,10,13H,5-6,8-9,22H2,1-2H3,(H,24,28)(H2,23,25,29)/t13-/m1/s1. The summed E-state index contributed by atoms with van der Waals surface area (Å²) in [6.45, 7) is 2.97. The quantitative estimate of drug-likeness (QED) is 0.536. The first-order valence-corrected chi connectivity index (χ1v) is 9.20. The monoisotopic (exact) mass is 431 g/mol. The highest BCUT2D eigenvalue weighted by Gasteiger charge is 2.37. The van der Waals surface area contributed by atoms with Gasteiger partial charge in [0.05, 0.1) is 17.9 Å². The van der Waals surface area contributed by atoms with Crippen LogP contribution in [0.15, 0.2) is 18.2 Å². The molecule has 0 aromatic heterocycles. The maximum absolute atomic E-state index is 13.6. The van der Waals surface area contributed by atoms with Crippen molar-refractivity contribution >= 4 is 29.2 Å². The second kappa shape index (κ2) is 9.76. The van der Waals surface area contributed by atoms with E-state index < -0.39 is 35.6 Å². The van der Waals surface area contributed by atoms with Crippen LogP contribution in [0.1, 0.15) is 19.4 Å². The minimum Gasteiger partial charge on any atom is -0.370 e. The van der Waals surface area contributed by atoms with E-state index in [4.69, 9.17) is 10.5 Å². The lowest BCUT2D eigenvalue weighted by Crippen LogP contribution is -2.52. The van der Waals surface area contributed by atoms with Crippen molar-refractivity contribution in [2.45, 2.75) is 32.1 Å². The lowest BCUT2D eigenvalue weighted by Gasteiger charge is -2.29. The number of hydrogen-bond donors (Lipinski definition) is 4. The Morgan fingerprint density at radius 3 is 2.53 bits per heavy atom. The summed E-state index contributed by atoms with van der Waals surface area (Å²) in [5, 5.41) is 7.19. The third kappa shape index (κ3) is 6.07. The highest BCUT2D eigenvalue weighted by Crippen LogP contribution is 2.38. The van der Waals surface area contributed by atoms with Gasteiger partial charge in [0.1, 0.15) is 12.6 Å². The van der Waals surface area contributed by atoms with Crippen LogP contribution in [-0.2, 0) is 20.5 Å². The zero-order valence-electron chi connectivity index (χ0n) is 16.5. The minimum absolute atomic E-state index is 0.0161. The molecule has 1 saturated heterocycles. The molecule has 1 aliphatic rings. The van der Waals surface area contributed by atoms with Gasteiger partial charge in [0, 0.05) is 24.8 Å². The summed E-state index contributed by atoms with van der Waals surface area (Å²) in [6.07, 6.45) is -4.77.